The van der Waals surface area contributed by atoms with Crippen molar-refractivity contribution in [1.82, 2.24) is 4.98 Å². The van der Waals surface area contributed by atoms with Gasteiger partial charge in [-0.1, -0.05) is 0 Å². The number of rotatable bonds is 3. The Labute approximate surface area is 84.2 Å². The molecule has 4 nitrogen and oxygen atoms in total. The van der Waals surface area contributed by atoms with Crippen molar-refractivity contribution >= 4 is 34.0 Å². The third-order valence-corrected chi connectivity index (χ3v) is 2.25. The van der Waals surface area contributed by atoms with E-state index in [2.05, 4.69) is 10.3 Å². The number of anilines is 1. The van der Waals surface area contributed by atoms with Gasteiger partial charge in [-0.15, -0.1) is 22.9 Å². The van der Waals surface area contributed by atoms with Crippen LogP contribution in [0.1, 0.15) is 12.1 Å². The maximum atomic E-state index is 10.9. The monoisotopic (exact) mass is 215 g/mol. The Morgan fingerprint density at radius 3 is 3.15 bits per heavy atom. The molecule has 1 aromatic rings. The van der Waals surface area contributed by atoms with Gasteiger partial charge in [0.15, 0.2) is 5.13 Å². The van der Waals surface area contributed by atoms with Crippen LogP contribution < -0.4 is 5.32 Å². The van der Waals surface area contributed by atoms with Crippen molar-refractivity contribution in [3.05, 3.63) is 11.1 Å². The van der Waals surface area contributed by atoms with Gasteiger partial charge in [0.05, 0.1) is 17.6 Å². The second-order valence-electron chi connectivity index (χ2n) is 2.16. The van der Waals surface area contributed by atoms with Gasteiger partial charge in [0, 0.05) is 5.38 Å². The van der Waals surface area contributed by atoms with Crippen LogP contribution >= 0.6 is 22.9 Å². The van der Waals surface area contributed by atoms with E-state index in [-0.39, 0.29) is 12.3 Å². The molecule has 0 radical (unpaired) electrons. The highest BCUT2D eigenvalue weighted by atomic mass is 35.5. The Morgan fingerprint density at radius 1 is 1.85 bits per heavy atom. The fourth-order valence-electron chi connectivity index (χ4n) is 0.661. The molecular weight excluding hydrogens is 210 g/mol. The van der Waals surface area contributed by atoms with E-state index in [0.717, 1.165) is 5.69 Å². The largest absolute Gasteiger partial charge is 0.301 e. The van der Waals surface area contributed by atoms with E-state index >= 15 is 0 Å². The maximum absolute atomic E-state index is 10.9. The van der Waals surface area contributed by atoms with Gasteiger partial charge < -0.3 is 5.32 Å². The molecule has 1 rings (SSSR count). The molecule has 13 heavy (non-hydrogen) atoms. The molecule has 6 heteroatoms. The third-order valence-electron chi connectivity index (χ3n) is 1.17. The summed E-state index contributed by atoms with van der Waals surface area (Å²) in [6, 6.07) is 1.75. The summed E-state index contributed by atoms with van der Waals surface area (Å²) in [5.41, 5.74) is 0.721. The number of amides is 1. The quantitative estimate of drug-likeness (QED) is 0.781. The number of hydrogen-bond acceptors (Lipinski definition) is 4. The Bertz CT molecular complexity index is 344. The number of nitrogens with zero attached hydrogens (tertiary/aromatic N) is 2. The van der Waals surface area contributed by atoms with Crippen molar-refractivity contribution < 1.29 is 4.79 Å². The maximum Gasteiger partial charge on any atom is 0.240 e. The van der Waals surface area contributed by atoms with E-state index in [1.807, 2.05) is 0 Å². The highest BCUT2D eigenvalue weighted by Crippen LogP contribution is 2.16. The number of alkyl halides is 1. The number of hydrogen-bond donors (Lipinski definition) is 1. The molecule has 0 aliphatic carbocycles. The van der Waals surface area contributed by atoms with Gasteiger partial charge >= 0.3 is 0 Å². The smallest absolute Gasteiger partial charge is 0.240 e. The minimum Gasteiger partial charge on any atom is -0.301 e. The standard InChI is InChI=1S/C7H6ClN3OS/c8-3-5-4-13-7(10-5)11-6(12)1-2-9/h4H,1,3H2,(H,10,11,12). The molecule has 1 heterocycles. The molecule has 0 aliphatic heterocycles. The molecular formula is C7H6ClN3OS. The predicted molar refractivity (Wildman–Crippen MR) is 50.5 cm³/mol. The van der Waals surface area contributed by atoms with Crippen LogP contribution in [-0.2, 0) is 10.7 Å². The number of halogens is 1. The zero-order valence-corrected chi connectivity index (χ0v) is 8.15. The van der Waals surface area contributed by atoms with E-state index in [0.29, 0.717) is 11.0 Å². The van der Waals surface area contributed by atoms with Crippen molar-refractivity contribution in [3.63, 3.8) is 0 Å². The van der Waals surface area contributed by atoms with Crippen LogP contribution in [0.3, 0.4) is 0 Å². The van der Waals surface area contributed by atoms with Crippen LogP contribution in [0.25, 0.3) is 0 Å². The summed E-state index contributed by atoms with van der Waals surface area (Å²) in [6.07, 6.45) is -0.157. The molecule has 0 atom stereocenters. The molecule has 68 valence electrons. The molecule has 0 aliphatic rings. The summed E-state index contributed by atoms with van der Waals surface area (Å²) in [6.45, 7) is 0. The lowest BCUT2D eigenvalue weighted by Crippen LogP contribution is -2.09. The summed E-state index contributed by atoms with van der Waals surface area (Å²) >= 11 is 6.81. The van der Waals surface area contributed by atoms with Gasteiger partial charge in [-0.25, -0.2) is 4.98 Å². The van der Waals surface area contributed by atoms with E-state index in [9.17, 15) is 4.79 Å². The number of carbonyl (C=O) groups is 1. The molecule has 0 aromatic carbocycles. The summed E-state index contributed by atoms with van der Waals surface area (Å²) in [5, 5.41) is 12.9. The fraction of sp³-hybridized carbons (Fsp3) is 0.286. The first kappa shape index (κ1) is 9.96. The minimum atomic E-state index is -0.349. The van der Waals surface area contributed by atoms with Gasteiger partial charge in [0.1, 0.15) is 6.42 Å². The second-order valence-corrected chi connectivity index (χ2v) is 3.29. The average Bonchev–Trinajstić information content (AvgIpc) is 2.52. The van der Waals surface area contributed by atoms with Gasteiger partial charge in [0.25, 0.3) is 0 Å². The average molecular weight is 216 g/mol. The van der Waals surface area contributed by atoms with Crippen LogP contribution in [0.5, 0.6) is 0 Å². The highest BCUT2D eigenvalue weighted by Gasteiger charge is 2.04. The summed E-state index contributed by atoms with van der Waals surface area (Å²) in [7, 11) is 0. The van der Waals surface area contributed by atoms with Crippen molar-refractivity contribution in [2.75, 3.05) is 5.32 Å². The molecule has 0 spiro atoms. The van der Waals surface area contributed by atoms with E-state index in [1.54, 1.807) is 11.4 Å². The SMILES string of the molecule is N#CCC(=O)Nc1nc(CCl)cs1. The number of aromatic nitrogens is 1. The van der Waals surface area contributed by atoms with Gasteiger partial charge in [-0.3, -0.25) is 4.79 Å². The molecule has 0 saturated heterocycles. The zero-order valence-electron chi connectivity index (χ0n) is 6.58. The van der Waals surface area contributed by atoms with Gasteiger partial charge in [0.2, 0.25) is 5.91 Å². The first-order chi connectivity index (χ1) is 6.26. The third kappa shape index (κ3) is 3.01. The highest BCUT2D eigenvalue weighted by molar-refractivity contribution is 7.13. The lowest BCUT2D eigenvalue weighted by atomic mass is 10.4. The Morgan fingerprint density at radius 2 is 2.62 bits per heavy atom. The Hall–Kier alpha value is -1.12. The summed E-state index contributed by atoms with van der Waals surface area (Å²) < 4.78 is 0. The van der Waals surface area contributed by atoms with Crippen LogP contribution in [0, 0.1) is 11.3 Å². The number of carbonyl (C=O) groups excluding carboxylic acids is 1. The van der Waals surface area contributed by atoms with Gasteiger partial charge in [-0.2, -0.15) is 5.26 Å². The topological polar surface area (TPSA) is 65.8 Å². The van der Waals surface area contributed by atoms with Gasteiger partial charge in [-0.05, 0) is 0 Å². The van der Waals surface area contributed by atoms with E-state index in [1.165, 1.54) is 11.3 Å². The molecule has 0 bridgehead atoms. The zero-order chi connectivity index (χ0) is 9.68. The number of thiazole rings is 1. The molecule has 0 saturated carbocycles. The lowest BCUT2D eigenvalue weighted by Gasteiger charge is -1.94. The molecule has 1 amide bonds. The van der Waals surface area contributed by atoms with Crippen LogP contribution in [0.15, 0.2) is 5.38 Å². The normalized spacial score (nSPS) is 9.23. The van der Waals surface area contributed by atoms with Crippen LogP contribution in [0.4, 0.5) is 5.13 Å². The summed E-state index contributed by atoms with van der Waals surface area (Å²) in [4.78, 5) is 14.9. The number of nitrogens with one attached hydrogen (secondary N) is 1. The number of nitriles is 1. The first-order valence-electron chi connectivity index (χ1n) is 3.43. The van der Waals surface area contributed by atoms with Crippen molar-refractivity contribution in [2.24, 2.45) is 0 Å². The van der Waals surface area contributed by atoms with E-state index in [4.69, 9.17) is 16.9 Å². The van der Waals surface area contributed by atoms with Crippen LogP contribution in [0.2, 0.25) is 0 Å². The first-order valence-corrected chi connectivity index (χ1v) is 4.85. The van der Waals surface area contributed by atoms with Crippen molar-refractivity contribution in [3.8, 4) is 6.07 Å². The molecule has 0 fully saturated rings. The van der Waals surface area contributed by atoms with Crippen molar-refractivity contribution in [2.45, 2.75) is 12.3 Å². The Kier molecular flexibility index (Phi) is 3.68. The molecule has 0 unspecified atom stereocenters. The van der Waals surface area contributed by atoms with Crippen LogP contribution in [-0.4, -0.2) is 10.9 Å². The lowest BCUT2D eigenvalue weighted by molar-refractivity contribution is -0.115. The molecule has 1 aromatic heterocycles. The molecule has 1 N–H and O–H groups in total. The predicted octanol–water partition coefficient (Wildman–Crippen LogP) is 1.73. The fourth-order valence-corrected chi connectivity index (χ4v) is 1.62. The Balaban J connectivity index is 2.55. The van der Waals surface area contributed by atoms with Crippen molar-refractivity contribution in [1.29, 1.82) is 5.26 Å². The van der Waals surface area contributed by atoms with E-state index < -0.39 is 0 Å². The second kappa shape index (κ2) is 4.80. The summed E-state index contributed by atoms with van der Waals surface area (Å²) in [5.74, 6) is -0.0251. The minimum absolute atomic E-state index is 0.157.